The average molecular weight is 227 g/mol. The summed E-state index contributed by atoms with van der Waals surface area (Å²) in [5.74, 6) is 0. The molecular formula is C16H21N. The van der Waals surface area contributed by atoms with Gasteiger partial charge in [0.2, 0.25) is 0 Å². The van der Waals surface area contributed by atoms with E-state index < -0.39 is 0 Å². The monoisotopic (exact) mass is 227 g/mol. The van der Waals surface area contributed by atoms with Gasteiger partial charge in [0.05, 0.1) is 0 Å². The van der Waals surface area contributed by atoms with Crippen molar-refractivity contribution in [2.75, 3.05) is 0 Å². The first-order valence-corrected chi connectivity index (χ1v) is 5.91. The Hall–Kier alpha value is -1.76. The van der Waals surface area contributed by atoms with Crippen molar-refractivity contribution in [1.82, 2.24) is 5.32 Å². The van der Waals surface area contributed by atoms with Gasteiger partial charge in [0.15, 0.2) is 0 Å². The highest BCUT2D eigenvalue weighted by Crippen LogP contribution is 2.07. The fraction of sp³-hybridized carbons (Fsp3) is 0.250. The van der Waals surface area contributed by atoms with Gasteiger partial charge < -0.3 is 5.32 Å². The van der Waals surface area contributed by atoms with Crippen LogP contribution in [0.1, 0.15) is 25.0 Å². The first-order valence-electron chi connectivity index (χ1n) is 5.91. The minimum Gasteiger partial charge on any atom is -0.381 e. The largest absolute Gasteiger partial charge is 0.381 e. The maximum atomic E-state index is 4.03. The van der Waals surface area contributed by atoms with Crippen molar-refractivity contribution in [2.45, 2.75) is 27.3 Å². The molecule has 0 saturated heterocycles. The van der Waals surface area contributed by atoms with Crippen LogP contribution in [0.15, 0.2) is 60.3 Å². The molecule has 1 aromatic carbocycles. The summed E-state index contributed by atoms with van der Waals surface area (Å²) in [5.41, 5.74) is 4.70. The first-order chi connectivity index (χ1) is 8.13. The molecule has 0 unspecified atom stereocenters. The van der Waals surface area contributed by atoms with Crippen LogP contribution >= 0.6 is 0 Å². The smallest absolute Gasteiger partial charge is 0.0400 e. The SMILES string of the molecule is C=C(NCc1ccc(C)cc1)/C(C)=C/C=C\C. The molecule has 17 heavy (non-hydrogen) atoms. The fourth-order valence-electron chi connectivity index (χ4n) is 1.40. The summed E-state index contributed by atoms with van der Waals surface area (Å²) in [6.45, 7) is 11.0. The normalized spacial score (nSPS) is 11.8. The number of nitrogens with one attached hydrogen (secondary N) is 1. The van der Waals surface area contributed by atoms with E-state index in [2.05, 4.69) is 56.1 Å². The number of allylic oxidation sites excluding steroid dienone is 4. The van der Waals surface area contributed by atoms with Crippen LogP contribution in [-0.2, 0) is 6.54 Å². The van der Waals surface area contributed by atoms with Gasteiger partial charge in [-0.1, -0.05) is 54.6 Å². The maximum Gasteiger partial charge on any atom is 0.0400 e. The first kappa shape index (κ1) is 13.3. The molecular weight excluding hydrogens is 206 g/mol. The molecule has 0 amide bonds. The molecule has 1 nitrogen and oxygen atoms in total. The third-order valence-corrected chi connectivity index (χ3v) is 2.64. The van der Waals surface area contributed by atoms with Gasteiger partial charge in [-0.15, -0.1) is 0 Å². The third-order valence-electron chi connectivity index (χ3n) is 2.64. The Morgan fingerprint density at radius 2 is 1.94 bits per heavy atom. The van der Waals surface area contributed by atoms with E-state index in [1.54, 1.807) is 0 Å². The predicted octanol–water partition coefficient (Wildman–Crippen LogP) is 4.12. The average Bonchev–Trinajstić information content (AvgIpc) is 2.34. The molecule has 0 radical (unpaired) electrons. The Morgan fingerprint density at radius 1 is 1.29 bits per heavy atom. The van der Waals surface area contributed by atoms with E-state index in [1.165, 1.54) is 11.1 Å². The standard InChI is InChI=1S/C16H21N/c1-5-6-7-14(3)15(4)17-12-16-10-8-13(2)9-11-16/h5-11,17H,4,12H2,1-3H3/b6-5-,14-7+. The Morgan fingerprint density at radius 3 is 2.53 bits per heavy atom. The van der Waals surface area contributed by atoms with Crippen LogP contribution in [-0.4, -0.2) is 0 Å². The topological polar surface area (TPSA) is 12.0 Å². The summed E-state index contributed by atoms with van der Waals surface area (Å²) >= 11 is 0. The van der Waals surface area contributed by atoms with E-state index in [0.29, 0.717) is 0 Å². The molecule has 1 rings (SSSR count). The summed E-state index contributed by atoms with van der Waals surface area (Å²) < 4.78 is 0. The molecule has 1 N–H and O–H groups in total. The lowest BCUT2D eigenvalue weighted by molar-refractivity contribution is 0.823. The highest BCUT2D eigenvalue weighted by Gasteiger charge is 1.96. The second-order valence-corrected chi connectivity index (χ2v) is 4.19. The van der Waals surface area contributed by atoms with Crippen LogP contribution in [0.5, 0.6) is 0 Å². The number of aryl methyl sites for hydroxylation is 1. The van der Waals surface area contributed by atoms with Crippen molar-refractivity contribution in [1.29, 1.82) is 0 Å². The van der Waals surface area contributed by atoms with Gasteiger partial charge in [-0.2, -0.15) is 0 Å². The van der Waals surface area contributed by atoms with E-state index in [0.717, 1.165) is 17.8 Å². The van der Waals surface area contributed by atoms with E-state index in [4.69, 9.17) is 0 Å². The van der Waals surface area contributed by atoms with Crippen LogP contribution in [0.4, 0.5) is 0 Å². The van der Waals surface area contributed by atoms with Gasteiger partial charge in [-0.25, -0.2) is 0 Å². The molecule has 0 aliphatic heterocycles. The molecule has 0 saturated carbocycles. The minimum absolute atomic E-state index is 0.820. The van der Waals surface area contributed by atoms with Crippen molar-refractivity contribution in [3.8, 4) is 0 Å². The molecule has 0 bridgehead atoms. The van der Waals surface area contributed by atoms with E-state index in [9.17, 15) is 0 Å². The number of benzene rings is 1. The Balaban J connectivity index is 2.51. The van der Waals surface area contributed by atoms with Crippen LogP contribution in [0.2, 0.25) is 0 Å². The lowest BCUT2D eigenvalue weighted by Gasteiger charge is -2.10. The van der Waals surface area contributed by atoms with E-state index >= 15 is 0 Å². The van der Waals surface area contributed by atoms with E-state index in [-0.39, 0.29) is 0 Å². The molecule has 0 atom stereocenters. The maximum absolute atomic E-state index is 4.03. The Bertz CT molecular complexity index is 421. The molecule has 90 valence electrons. The summed E-state index contributed by atoms with van der Waals surface area (Å²) in [4.78, 5) is 0. The zero-order chi connectivity index (χ0) is 12.7. The highest BCUT2D eigenvalue weighted by atomic mass is 14.9. The van der Waals surface area contributed by atoms with Crippen molar-refractivity contribution in [3.05, 3.63) is 71.5 Å². The summed E-state index contributed by atoms with van der Waals surface area (Å²) in [6.07, 6.45) is 6.09. The minimum atomic E-state index is 0.820. The second kappa shape index (κ2) is 6.74. The Labute approximate surface area is 105 Å². The van der Waals surface area contributed by atoms with Gasteiger partial charge in [0.25, 0.3) is 0 Å². The number of rotatable bonds is 5. The van der Waals surface area contributed by atoms with Gasteiger partial charge in [-0.05, 0) is 31.9 Å². The van der Waals surface area contributed by atoms with Gasteiger partial charge in [0, 0.05) is 12.2 Å². The van der Waals surface area contributed by atoms with Crippen molar-refractivity contribution in [2.24, 2.45) is 0 Å². The quantitative estimate of drug-likeness (QED) is 0.746. The number of hydrogen-bond donors (Lipinski definition) is 1. The van der Waals surface area contributed by atoms with Crippen molar-refractivity contribution >= 4 is 0 Å². The van der Waals surface area contributed by atoms with Crippen LogP contribution in [0.3, 0.4) is 0 Å². The molecule has 0 spiro atoms. The van der Waals surface area contributed by atoms with Crippen molar-refractivity contribution < 1.29 is 0 Å². The Kier molecular flexibility index (Phi) is 5.28. The molecule has 0 fully saturated rings. The summed E-state index contributed by atoms with van der Waals surface area (Å²) in [5, 5.41) is 3.33. The molecule has 1 heteroatoms. The van der Waals surface area contributed by atoms with Crippen LogP contribution in [0, 0.1) is 6.92 Å². The highest BCUT2D eigenvalue weighted by molar-refractivity contribution is 5.29. The summed E-state index contributed by atoms with van der Waals surface area (Å²) in [7, 11) is 0. The molecule has 0 aromatic heterocycles. The molecule has 0 aliphatic rings. The van der Waals surface area contributed by atoms with E-state index in [1.807, 2.05) is 19.1 Å². The summed E-state index contributed by atoms with van der Waals surface area (Å²) in [6, 6.07) is 8.53. The molecule has 0 heterocycles. The second-order valence-electron chi connectivity index (χ2n) is 4.19. The molecule has 1 aromatic rings. The molecule has 0 aliphatic carbocycles. The van der Waals surface area contributed by atoms with Gasteiger partial charge >= 0.3 is 0 Å². The number of hydrogen-bond acceptors (Lipinski definition) is 1. The van der Waals surface area contributed by atoms with Crippen molar-refractivity contribution in [3.63, 3.8) is 0 Å². The van der Waals surface area contributed by atoms with Crippen LogP contribution < -0.4 is 5.32 Å². The van der Waals surface area contributed by atoms with Gasteiger partial charge in [0.1, 0.15) is 0 Å². The predicted molar refractivity (Wildman–Crippen MR) is 75.7 cm³/mol. The lowest BCUT2D eigenvalue weighted by atomic mass is 10.1. The lowest BCUT2D eigenvalue weighted by Crippen LogP contribution is -2.12. The zero-order valence-electron chi connectivity index (χ0n) is 11.0. The van der Waals surface area contributed by atoms with Crippen LogP contribution in [0.25, 0.3) is 0 Å². The van der Waals surface area contributed by atoms with Gasteiger partial charge in [-0.3, -0.25) is 0 Å². The fourth-order valence-corrected chi connectivity index (χ4v) is 1.40. The zero-order valence-corrected chi connectivity index (χ0v) is 11.0. The third kappa shape index (κ3) is 4.73.